The Morgan fingerprint density at radius 3 is 3.09 bits per heavy atom. The molecule has 1 aliphatic rings. The predicted octanol–water partition coefficient (Wildman–Crippen LogP) is 2.46. The largest absolute Gasteiger partial charge is 0.466 e. The van der Waals surface area contributed by atoms with Crippen molar-refractivity contribution in [1.82, 2.24) is 10.3 Å². The van der Waals surface area contributed by atoms with Gasteiger partial charge in [0.2, 0.25) is 0 Å². The number of carbonyl (C=O) groups is 1. The van der Waals surface area contributed by atoms with Gasteiger partial charge in [-0.3, -0.25) is 4.79 Å². The minimum atomic E-state index is -0.178. The lowest BCUT2D eigenvalue weighted by molar-refractivity contribution is -0.0742. The maximum Gasteiger partial charge on any atom is 0.255 e. The number of hydrogen-bond donors (Lipinski definition) is 1. The van der Waals surface area contributed by atoms with Crippen LogP contribution in [0.3, 0.4) is 0 Å². The van der Waals surface area contributed by atoms with E-state index >= 15 is 0 Å². The molecule has 0 aromatic carbocycles. The average Bonchev–Trinajstić information content (AvgIpc) is 3.15. The Morgan fingerprint density at radius 1 is 1.52 bits per heavy atom. The van der Waals surface area contributed by atoms with Crippen LogP contribution in [-0.2, 0) is 16.1 Å². The van der Waals surface area contributed by atoms with E-state index in [0.717, 1.165) is 17.9 Å². The Labute approximate surface area is 138 Å². The summed E-state index contributed by atoms with van der Waals surface area (Å²) in [4.78, 5) is 16.6. The van der Waals surface area contributed by atoms with Crippen LogP contribution < -0.4 is 5.32 Å². The summed E-state index contributed by atoms with van der Waals surface area (Å²) in [5, 5.41) is 5.00. The Hall–Kier alpha value is -1.70. The molecule has 2 atom stereocenters. The fourth-order valence-corrected chi connectivity index (χ4v) is 3.19. The Balaban J connectivity index is 1.61. The lowest BCUT2D eigenvalue weighted by Crippen LogP contribution is -2.50. The summed E-state index contributed by atoms with van der Waals surface area (Å²) >= 11 is 1.54. The summed E-state index contributed by atoms with van der Waals surface area (Å²) in [6.45, 7) is 5.14. The Kier molecular flexibility index (Phi) is 5.09. The van der Waals surface area contributed by atoms with Crippen molar-refractivity contribution in [3.8, 4) is 0 Å². The second kappa shape index (κ2) is 7.25. The van der Waals surface area contributed by atoms with Crippen molar-refractivity contribution < 1.29 is 18.7 Å². The molecule has 0 spiro atoms. The topological polar surface area (TPSA) is 73.6 Å². The summed E-state index contributed by atoms with van der Waals surface area (Å²) in [6.07, 6.45) is 0.547. The standard InChI is InChI=1S/C16H20N2O4S/c1-10-5-13(11(2)22-10)16(19)18-14-3-4-20-7-15(14)21-6-12-8-23-9-17-12/h5,8-9,14-15H,3-4,6-7H2,1-2H3,(H,18,19). The van der Waals surface area contributed by atoms with E-state index in [0.29, 0.717) is 31.1 Å². The molecular formula is C16H20N2O4S. The van der Waals surface area contributed by atoms with Crippen LogP contribution >= 0.6 is 11.3 Å². The van der Waals surface area contributed by atoms with Gasteiger partial charge in [-0.25, -0.2) is 4.98 Å². The first kappa shape index (κ1) is 16.2. The highest BCUT2D eigenvalue weighted by atomic mass is 32.1. The number of nitrogens with one attached hydrogen (secondary N) is 1. The molecule has 2 unspecified atom stereocenters. The number of thiazole rings is 1. The number of hydrogen-bond acceptors (Lipinski definition) is 6. The summed E-state index contributed by atoms with van der Waals surface area (Å²) in [5.74, 6) is 1.23. The Bertz CT molecular complexity index is 653. The van der Waals surface area contributed by atoms with Gasteiger partial charge in [0.25, 0.3) is 5.91 Å². The highest BCUT2D eigenvalue weighted by Crippen LogP contribution is 2.17. The summed E-state index contributed by atoms with van der Waals surface area (Å²) in [5.41, 5.74) is 3.25. The van der Waals surface area contributed by atoms with Crippen molar-refractivity contribution in [3.63, 3.8) is 0 Å². The van der Waals surface area contributed by atoms with E-state index in [1.54, 1.807) is 18.5 Å². The van der Waals surface area contributed by atoms with Crippen LogP contribution in [0.25, 0.3) is 0 Å². The van der Waals surface area contributed by atoms with Gasteiger partial charge in [0.05, 0.1) is 36.0 Å². The molecule has 23 heavy (non-hydrogen) atoms. The molecule has 6 nitrogen and oxygen atoms in total. The number of nitrogens with zero attached hydrogens (tertiary/aromatic N) is 1. The van der Waals surface area contributed by atoms with E-state index in [2.05, 4.69) is 10.3 Å². The molecule has 0 aliphatic carbocycles. The Morgan fingerprint density at radius 2 is 2.39 bits per heavy atom. The van der Waals surface area contributed by atoms with E-state index in [1.807, 2.05) is 12.3 Å². The van der Waals surface area contributed by atoms with Gasteiger partial charge in [-0.15, -0.1) is 11.3 Å². The van der Waals surface area contributed by atoms with Crippen LogP contribution in [0.5, 0.6) is 0 Å². The fraction of sp³-hybridized carbons (Fsp3) is 0.500. The SMILES string of the molecule is Cc1cc(C(=O)NC2CCOCC2OCc2cscn2)c(C)o1. The predicted molar refractivity (Wildman–Crippen MR) is 85.6 cm³/mol. The number of carbonyl (C=O) groups excluding carboxylic acids is 1. The first-order valence-corrected chi connectivity index (χ1v) is 8.52. The number of rotatable bonds is 5. The molecule has 1 saturated heterocycles. The first-order chi connectivity index (χ1) is 11.1. The lowest BCUT2D eigenvalue weighted by Gasteiger charge is -2.31. The van der Waals surface area contributed by atoms with Crippen molar-refractivity contribution in [2.75, 3.05) is 13.2 Å². The first-order valence-electron chi connectivity index (χ1n) is 7.58. The van der Waals surface area contributed by atoms with Crippen LogP contribution in [0.1, 0.15) is 34.0 Å². The molecule has 0 bridgehead atoms. The molecular weight excluding hydrogens is 316 g/mol. The third-order valence-corrected chi connectivity index (χ3v) is 4.47. The molecule has 7 heteroatoms. The molecule has 0 saturated carbocycles. The van der Waals surface area contributed by atoms with E-state index in [1.165, 1.54) is 11.3 Å². The van der Waals surface area contributed by atoms with Gasteiger partial charge >= 0.3 is 0 Å². The van der Waals surface area contributed by atoms with Crippen molar-refractivity contribution >= 4 is 17.2 Å². The smallest absolute Gasteiger partial charge is 0.255 e. The van der Waals surface area contributed by atoms with Gasteiger partial charge in [-0.2, -0.15) is 0 Å². The summed E-state index contributed by atoms with van der Waals surface area (Å²) in [7, 11) is 0. The summed E-state index contributed by atoms with van der Waals surface area (Å²) < 4.78 is 16.8. The van der Waals surface area contributed by atoms with E-state index in [9.17, 15) is 4.79 Å². The van der Waals surface area contributed by atoms with E-state index in [-0.39, 0.29) is 18.1 Å². The van der Waals surface area contributed by atoms with Crippen LogP contribution in [-0.4, -0.2) is 36.3 Å². The second-order valence-electron chi connectivity index (χ2n) is 5.60. The monoisotopic (exact) mass is 336 g/mol. The number of amides is 1. The van der Waals surface area contributed by atoms with Gasteiger partial charge in [0.15, 0.2) is 0 Å². The van der Waals surface area contributed by atoms with Crippen LogP contribution in [0.2, 0.25) is 0 Å². The molecule has 2 aromatic heterocycles. The molecule has 124 valence electrons. The molecule has 1 amide bonds. The van der Waals surface area contributed by atoms with Gasteiger partial charge < -0.3 is 19.2 Å². The molecule has 0 radical (unpaired) electrons. The third kappa shape index (κ3) is 3.99. The molecule has 1 aliphatic heterocycles. The van der Waals surface area contributed by atoms with E-state index < -0.39 is 0 Å². The van der Waals surface area contributed by atoms with Gasteiger partial charge in [-0.05, 0) is 26.3 Å². The molecule has 2 aromatic rings. The normalized spacial score (nSPS) is 21.3. The minimum absolute atomic E-state index is 0.0792. The quantitative estimate of drug-likeness (QED) is 0.908. The summed E-state index contributed by atoms with van der Waals surface area (Å²) in [6, 6.07) is 1.68. The highest BCUT2D eigenvalue weighted by molar-refractivity contribution is 7.07. The van der Waals surface area contributed by atoms with Crippen molar-refractivity contribution in [2.45, 2.75) is 39.0 Å². The zero-order chi connectivity index (χ0) is 16.2. The zero-order valence-electron chi connectivity index (χ0n) is 13.2. The van der Waals surface area contributed by atoms with Crippen molar-refractivity contribution in [2.24, 2.45) is 0 Å². The number of ether oxygens (including phenoxy) is 2. The maximum atomic E-state index is 12.4. The van der Waals surface area contributed by atoms with Crippen LogP contribution in [0.4, 0.5) is 0 Å². The molecule has 1 fully saturated rings. The number of aromatic nitrogens is 1. The van der Waals surface area contributed by atoms with E-state index in [4.69, 9.17) is 13.9 Å². The van der Waals surface area contributed by atoms with Crippen LogP contribution in [0.15, 0.2) is 21.4 Å². The van der Waals surface area contributed by atoms with Gasteiger partial charge in [0, 0.05) is 12.0 Å². The van der Waals surface area contributed by atoms with Gasteiger partial charge in [-0.1, -0.05) is 0 Å². The van der Waals surface area contributed by atoms with Crippen molar-refractivity contribution in [1.29, 1.82) is 0 Å². The number of aryl methyl sites for hydroxylation is 2. The van der Waals surface area contributed by atoms with Crippen molar-refractivity contribution in [3.05, 3.63) is 39.7 Å². The zero-order valence-corrected chi connectivity index (χ0v) is 14.0. The molecule has 3 heterocycles. The lowest BCUT2D eigenvalue weighted by atomic mass is 10.1. The maximum absolute atomic E-state index is 12.4. The fourth-order valence-electron chi connectivity index (χ4n) is 2.64. The molecule has 1 N–H and O–H groups in total. The minimum Gasteiger partial charge on any atom is -0.466 e. The number of furan rings is 1. The molecule has 3 rings (SSSR count). The highest BCUT2D eigenvalue weighted by Gasteiger charge is 2.29. The third-order valence-electron chi connectivity index (χ3n) is 3.83. The van der Waals surface area contributed by atoms with Crippen LogP contribution in [0, 0.1) is 13.8 Å². The average molecular weight is 336 g/mol. The van der Waals surface area contributed by atoms with Gasteiger partial charge in [0.1, 0.15) is 17.6 Å². The second-order valence-corrected chi connectivity index (χ2v) is 6.32.